The van der Waals surface area contributed by atoms with Gasteiger partial charge in [0.1, 0.15) is 5.75 Å². The van der Waals surface area contributed by atoms with Gasteiger partial charge in [0.05, 0.1) is 7.11 Å². The van der Waals surface area contributed by atoms with Gasteiger partial charge in [0.15, 0.2) is 10.6 Å². The number of carbonyl (C=O) groups is 2. The lowest BCUT2D eigenvalue weighted by Gasteiger charge is -2.12. The van der Waals surface area contributed by atoms with Crippen LogP contribution in [0.25, 0.3) is 11.4 Å². The van der Waals surface area contributed by atoms with E-state index in [0.717, 1.165) is 48.2 Å². The lowest BCUT2D eigenvalue weighted by molar-refractivity contribution is -0.121. The minimum absolute atomic E-state index is 0.0863. The van der Waals surface area contributed by atoms with Crippen LogP contribution < -0.4 is 15.4 Å². The summed E-state index contributed by atoms with van der Waals surface area (Å²) in [6.07, 6.45) is 4.42. The quantitative estimate of drug-likeness (QED) is 0.394. The summed E-state index contributed by atoms with van der Waals surface area (Å²) in [5.74, 6) is 1.53. The normalized spacial score (nSPS) is 13.6. The summed E-state index contributed by atoms with van der Waals surface area (Å²) in [6, 6.07) is 15.1. The summed E-state index contributed by atoms with van der Waals surface area (Å²) in [4.78, 5) is 24.9. The second kappa shape index (κ2) is 11.1. The van der Waals surface area contributed by atoms with E-state index in [1.54, 1.807) is 7.11 Å². The molecule has 2 aromatic carbocycles. The van der Waals surface area contributed by atoms with Gasteiger partial charge in [-0.25, -0.2) is 0 Å². The zero-order valence-electron chi connectivity index (χ0n) is 19.2. The molecule has 0 saturated heterocycles. The van der Waals surface area contributed by atoms with Crippen LogP contribution in [0.5, 0.6) is 5.75 Å². The summed E-state index contributed by atoms with van der Waals surface area (Å²) >= 11 is 5.36. The van der Waals surface area contributed by atoms with Crippen LogP contribution in [0.3, 0.4) is 0 Å². The SMILES string of the molecule is COc1ccc(-c2n[nH]c(=S)n2CCC(=O)NCc2cccc(NC(=O)C3CCCC3)c2)cc1. The minimum atomic E-state index is -0.0934. The fourth-order valence-electron chi connectivity index (χ4n) is 4.18. The summed E-state index contributed by atoms with van der Waals surface area (Å²) in [7, 11) is 1.62. The molecule has 1 heterocycles. The van der Waals surface area contributed by atoms with E-state index in [4.69, 9.17) is 17.0 Å². The van der Waals surface area contributed by atoms with E-state index >= 15 is 0 Å². The molecule has 0 atom stereocenters. The first-order valence-electron chi connectivity index (χ1n) is 11.5. The molecule has 2 amide bonds. The predicted octanol–water partition coefficient (Wildman–Crippen LogP) is 4.45. The Morgan fingerprint density at radius 3 is 2.68 bits per heavy atom. The fraction of sp³-hybridized carbons (Fsp3) is 0.360. The number of amides is 2. The van der Waals surface area contributed by atoms with E-state index in [1.165, 1.54) is 0 Å². The number of nitrogens with one attached hydrogen (secondary N) is 3. The number of H-pyrrole nitrogens is 1. The summed E-state index contributed by atoms with van der Waals surface area (Å²) in [5.41, 5.74) is 2.57. The Balaban J connectivity index is 1.31. The standard InChI is InChI=1S/C25H29N5O3S/c1-33-21-11-9-18(10-12-21)23-28-29-25(34)30(23)14-13-22(31)26-16-17-5-4-8-20(15-17)27-24(32)19-6-2-3-7-19/h4-5,8-12,15,19H,2-3,6-7,13-14,16H2,1H3,(H,26,31)(H,27,32)(H,29,34). The minimum Gasteiger partial charge on any atom is -0.497 e. The van der Waals surface area contributed by atoms with Crippen LogP contribution in [0.4, 0.5) is 5.69 Å². The number of methoxy groups -OCH3 is 1. The van der Waals surface area contributed by atoms with Gasteiger partial charge in [-0.05, 0) is 67.0 Å². The molecule has 8 nitrogen and oxygen atoms in total. The predicted molar refractivity (Wildman–Crippen MR) is 133 cm³/mol. The van der Waals surface area contributed by atoms with Crippen LogP contribution in [0.2, 0.25) is 0 Å². The molecule has 9 heteroatoms. The van der Waals surface area contributed by atoms with Crippen molar-refractivity contribution in [3.05, 3.63) is 58.9 Å². The molecule has 1 aliphatic carbocycles. The van der Waals surface area contributed by atoms with Crippen LogP contribution in [-0.2, 0) is 22.7 Å². The van der Waals surface area contributed by atoms with Gasteiger partial charge >= 0.3 is 0 Å². The summed E-state index contributed by atoms with van der Waals surface area (Å²) in [6.45, 7) is 0.786. The molecule has 3 N–H and O–H groups in total. The van der Waals surface area contributed by atoms with E-state index < -0.39 is 0 Å². The molecule has 178 valence electrons. The highest BCUT2D eigenvalue weighted by molar-refractivity contribution is 7.71. The average molecular weight is 480 g/mol. The van der Waals surface area contributed by atoms with E-state index in [2.05, 4.69) is 20.8 Å². The first-order valence-corrected chi connectivity index (χ1v) is 11.9. The zero-order chi connectivity index (χ0) is 23.9. The second-order valence-corrected chi connectivity index (χ2v) is 8.82. The Labute approximate surface area is 203 Å². The van der Waals surface area contributed by atoms with E-state index in [9.17, 15) is 9.59 Å². The molecule has 0 radical (unpaired) electrons. The van der Waals surface area contributed by atoms with Crippen LogP contribution in [0.1, 0.15) is 37.7 Å². The maximum Gasteiger partial charge on any atom is 0.227 e. The molecule has 1 aliphatic rings. The van der Waals surface area contributed by atoms with Crippen LogP contribution in [0, 0.1) is 10.7 Å². The van der Waals surface area contributed by atoms with Crippen molar-refractivity contribution in [1.29, 1.82) is 0 Å². The summed E-state index contributed by atoms with van der Waals surface area (Å²) in [5, 5.41) is 13.1. The molecule has 0 unspecified atom stereocenters. The highest BCUT2D eigenvalue weighted by Gasteiger charge is 2.22. The van der Waals surface area contributed by atoms with Crippen molar-refractivity contribution in [2.24, 2.45) is 5.92 Å². The van der Waals surface area contributed by atoms with Crippen molar-refractivity contribution in [1.82, 2.24) is 20.1 Å². The number of hydrogen-bond acceptors (Lipinski definition) is 5. The molecule has 34 heavy (non-hydrogen) atoms. The van der Waals surface area contributed by atoms with Crippen molar-refractivity contribution in [3.63, 3.8) is 0 Å². The lowest BCUT2D eigenvalue weighted by atomic mass is 10.1. The number of ether oxygens (including phenoxy) is 1. The Morgan fingerprint density at radius 1 is 1.18 bits per heavy atom. The Hall–Kier alpha value is -3.46. The lowest BCUT2D eigenvalue weighted by Crippen LogP contribution is -2.24. The Morgan fingerprint density at radius 2 is 1.94 bits per heavy atom. The van der Waals surface area contributed by atoms with Gasteiger partial charge in [-0.2, -0.15) is 5.10 Å². The van der Waals surface area contributed by atoms with Gasteiger partial charge in [-0.1, -0.05) is 25.0 Å². The van der Waals surface area contributed by atoms with E-state index in [1.807, 2.05) is 53.1 Å². The molecule has 0 bridgehead atoms. The van der Waals surface area contributed by atoms with Crippen molar-refractivity contribution < 1.29 is 14.3 Å². The van der Waals surface area contributed by atoms with Crippen molar-refractivity contribution in [2.45, 2.75) is 45.2 Å². The number of carbonyl (C=O) groups excluding carboxylic acids is 2. The topological polar surface area (TPSA) is 101 Å². The largest absolute Gasteiger partial charge is 0.497 e. The van der Waals surface area contributed by atoms with Crippen LogP contribution >= 0.6 is 12.2 Å². The molecule has 1 fully saturated rings. The van der Waals surface area contributed by atoms with Crippen LogP contribution in [0.15, 0.2) is 48.5 Å². The van der Waals surface area contributed by atoms with Gasteiger partial charge in [0, 0.05) is 36.7 Å². The van der Waals surface area contributed by atoms with Gasteiger partial charge in [-0.15, -0.1) is 0 Å². The molecule has 0 aliphatic heterocycles. The van der Waals surface area contributed by atoms with Crippen LogP contribution in [-0.4, -0.2) is 33.7 Å². The van der Waals surface area contributed by atoms with E-state index in [0.29, 0.717) is 23.7 Å². The molecule has 1 saturated carbocycles. The molecular formula is C25H29N5O3S. The van der Waals surface area contributed by atoms with Crippen molar-refractivity contribution >= 4 is 29.7 Å². The third-order valence-corrected chi connectivity index (χ3v) is 6.39. The van der Waals surface area contributed by atoms with Crippen molar-refractivity contribution in [3.8, 4) is 17.1 Å². The van der Waals surface area contributed by atoms with Crippen molar-refractivity contribution in [2.75, 3.05) is 12.4 Å². The number of aromatic nitrogens is 3. The number of hydrogen-bond donors (Lipinski definition) is 3. The van der Waals surface area contributed by atoms with Gasteiger partial charge in [0.25, 0.3) is 0 Å². The highest BCUT2D eigenvalue weighted by atomic mass is 32.1. The fourth-order valence-corrected chi connectivity index (χ4v) is 4.40. The Kier molecular flexibility index (Phi) is 7.74. The molecule has 0 spiro atoms. The molecule has 3 aromatic rings. The molecular weight excluding hydrogens is 450 g/mol. The number of aromatic amines is 1. The monoisotopic (exact) mass is 479 g/mol. The highest BCUT2D eigenvalue weighted by Crippen LogP contribution is 2.26. The average Bonchev–Trinajstić information content (AvgIpc) is 3.52. The number of anilines is 1. The smallest absolute Gasteiger partial charge is 0.227 e. The zero-order valence-corrected chi connectivity index (χ0v) is 20.0. The third-order valence-electron chi connectivity index (χ3n) is 6.08. The van der Waals surface area contributed by atoms with Gasteiger partial charge < -0.3 is 15.4 Å². The molecule has 4 rings (SSSR count). The van der Waals surface area contributed by atoms with E-state index in [-0.39, 0.29) is 24.2 Å². The first kappa shape index (κ1) is 23.7. The number of benzene rings is 2. The maximum absolute atomic E-state index is 12.5. The third kappa shape index (κ3) is 5.91. The van der Waals surface area contributed by atoms with Gasteiger partial charge in [0.2, 0.25) is 11.8 Å². The molecule has 1 aromatic heterocycles. The second-order valence-electron chi connectivity index (χ2n) is 8.43. The first-order chi connectivity index (χ1) is 16.5. The number of nitrogens with zero attached hydrogens (tertiary/aromatic N) is 2. The Bertz CT molecular complexity index is 1200. The maximum atomic E-state index is 12.5. The number of rotatable bonds is 9. The van der Waals surface area contributed by atoms with Gasteiger partial charge in [-0.3, -0.25) is 19.3 Å². The summed E-state index contributed by atoms with van der Waals surface area (Å²) < 4.78 is 7.48.